The SMILES string of the molecule is [O-][S+](C=Cc1ccoc1)Cc1ccc(F)cc1. The highest BCUT2D eigenvalue weighted by Gasteiger charge is 2.04. The van der Waals surface area contributed by atoms with Crippen LogP contribution in [-0.4, -0.2) is 4.55 Å². The molecule has 2 nitrogen and oxygen atoms in total. The van der Waals surface area contributed by atoms with Crippen molar-refractivity contribution in [3.8, 4) is 0 Å². The van der Waals surface area contributed by atoms with Crippen LogP contribution in [0.3, 0.4) is 0 Å². The predicted molar refractivity (Wildman–Crippen MR) is 66.0 cm³/mol. The van der Waals surface area contributed by atoms with Gasteiger partial charge in [0.1, 0.15) is 17.0 Å². The highest BCUT2D eigenvalue weighted by Crippen LogP contribution is 2.11. The van der Waals surface area contributed by atoms with E-state index in [1.165, 1.54) is 12.1 Å². The van der Waals surface area contributed by atoms with E-state index in [1.807, 2.05) is 0 Å². The largest absolute Gasteiger partial charge is 0.612 e. The minimum absolute atomic E-state index is 0.284. The quantitative estimate of drug-likeness (QED) is 0.780. The summed E-state index contributed by atoms with van der Waals surface area (Å²) < 4.78 is 29.2. The van der Waals surface area contributed by atoms with Crippen molar-refractivity contribution in [3.63, 3.8) is 0 Å². The molecule has 1 aromatic carbocycles. The van der Waals surface area contributed by atoms with Crippen LogP contribution in [0.25, 0.3) is 6.08 Å². The zero-order valence-corrected chi connectivity index (χ0v) is 9.82. The van der Waals surface area contributed by atoms with Gasteiger partial charge >= 0.3 is 0 Å². The molecule has 0 saturated heterocycles. The van der Waals surface area contributed by atoms with E-state index in [-0.39, 0.29) is 5.82 Å². The number of hydrogen-bond acceptors (Lipinski definition) is 2. The summed E-state index contributed by atoms with van der Waals surface area (Å²) in [5.41, 5.74) is 1.72. The molecule has 0 bridgehead atoms. The summed E-state index contributed by atoms with van der Waals surface area (Å²) in [4.78, 5) is 0. The van der Waals surface area contributed by atoms with Crippen molar-refractivity contribution in [1.29, 1.82) is 0 Å². The Morgan fingerprint density at radius 1 is 1.24 bits per heavy atom. The van der Waals surface area contributed by atoms with Gasteiger partial charge in [-0.25, -0.2) is 4.39 Å². The van der Waals surface area contributed by atoms with Crippen LogP contribution in [0.5, 0.6) is 0 Å². The van der Waals surface area contributed by atoms with Gasteiger partial charge in [0.2, 0.25) is 0 Å². The van der Waals surface area contributed by atoms with Gasteiger partial charge < -0.3 is 8.97 Å². The third kappa shape index (κ3) is 3.76. The van der Waals surface area contributed by atoms with E-state index in [1.54, 1.807) is 42.2 Å². The standard InChI is InChI=1S/C13H11FO2S/c14-13-3-1-12(2-4-13)10-17(15)8-6-11-5-7-16-9-11/h1-9H,10H2. The molecule has 88 valence electrons. The lowest BCUT2D eigenvalue weighted by atomic mass is 10.2. The van der Waals surface area contributed by atoms with Crippen molar-refractivity contribution in [2.45, 2.75) is 5.75 Å². The predicted octanol–water partition coefficient (Wildman–Crippen LogP) is 3.34. The van der Waals surface area contributed by atoms with E-state index in [9.17, 15) is 8.94 Å². The lowest BCUT2D eigenvalue weighted by Crippen LogP contribution is -1.99. The van der Waals surface area contributed by atoms with Gasteiger partial charge in [0.25, 0.3) is 0 Å². The fourth-order valence-electron chi connectivity index (χ4n) is 1.32. The third-order valence-electron chi connectivity index (χ3n) is 2.18. The summed E-state index contributed by atoms with van der Waals surface area (Å²) in [6, 6.07) is 7.79. The molecular formula is C13H11FO2S. The molecule has 0 spiro atoms. The molecule has 0 fully saturated rings. The van der Waals surface area contributed by atoms with Gasteiger partial charge in [0.05, 0.1) is 12.5 Å². The second-order valence-corrected chi connectivity index (χ2v) is 4.83. The molecule has 0 saturated carbocycles. The summed E-state index contributed by atoms with van der Waals surface area (Å²) >= 11 is -1.11. The van der Waals surface area contributed by atoms with E-state index in [0.29, 0.717) is 5.75 Å². The van der Waals surface area contributed by atoms with Crippen LogP contribution in [0.4, 0.5) is 4.39 Å². The molecule has 0 N–H and O–H groups in total. The van der Waals surface area contributed by atoms with Crippen molar-refractivity contribution in [1.82, 2.24) is 0 Å². The van der Waals surface area contributed by atoms with Gasteiger partial charge in [0, 0.05) is 11.1 Å². The van der Waals surface area contributed by atoms with Crippen LogP contribution >= 0.6 is 0 Å². The Morgan fingerprint density at radius 2 is 2.00 bits per heavy atom. The summed E-state index contributed by atoms with van der Waals surface area (Å²) in [7, 11) is 0. The van der Waals surface area contributed by atoms with Crippen LogP contribution in [-0.2, 0) is 16.9 Å². The maximum Gasteiger partial charge on any atom is 0.135 e. The van der Waals surface area contributed by atoms with Crippen molar-refractivity contribution < 1.29 is 13.4 Å². The maximum atomic E-state index is 12.7. The van der Waals surface area contributed by atoms with Crippen molar-refractivity contribution in [2.75, 3.05) is 0 Å². The zero-order chi connectivity index (χ0) is 12.1. The molecule has 4 heteroatoms. The number of halogens is 1. The van der Waals surface area contributed by atoms with Crippen LogP contribution in [0, 0.1) is 5.82 Å². The van der Waals surface area contributed by atoms with E-state index in [2.05, 4.69) is 0 Å². The number of hydrogen-bond donors (Lipinski definition) is 0. The van der Waals surface area contributed by atoms with E-state index < -0.39 is 11.2 Å². The topological polar surface area (TPSA) is 36.2 Å². The van der Waals surface area contributed by atoms with Crippen molar-refractivity contribution in [2.24, 2.45) is 0 Å². The molecule has 0 amide bonds. The van der Waals surface area contributed by atoms with Gasteiger partial charge in [0.15, 0.2) is 0 Å². The summed E-state index contributed by atoms with van der Waals surface area (Å²) in [5, 5.41) is 1.61. The highest BCUT2D eigenvalue weighted by atomic mass is 32.2. The molecule has 0 aliphatic rings. The average Bonchev–Trinajstić information content (AvgIpc) is 2.83. The highest BCUT2D eigenvalue weighted by molar-refractivity contribution is 7.93. The van der Waals surface area contributed by atoms with Crippen molar-refractivity contribution >= 4 is 17.3 Å². The van der Waals surface area contributed by atoms with Gasteiger partial charge in [-0.05, 0) is 35.5 Å². The molecule has 0 aliphatic carbocycles. The van der Waals surface area contributed by atoms with Crippen LogP contribution in [0.1, 0.15) is 11.1 Å². The summed E-state index contributed by atoms with van der Waals surface area (Å²) in [5.74, 6) is 0.0997. The van der Waals surface area contributed by atoms with Crippen LogP contribution in [0.2, 0.25) is 0 Å². The zero-order valence-electron chi connectivity index (χ0n) is 9.01. The lowest BCUT2D eigenvalue weighted by Gasteiger charge is -2.05. The molecule has 1 aromatic heterocycles. The maximum absolute atomic E-state index is 12.7. The van der Waals surface area contributed by atoms with Gasteiger partial charge in [-0.15, -0.1) is 0 Å². The number of furan rings is 1. The first-order valence-electron chi connectivity index (χ1n) is 5.06. The first-order valence-corrected chi connectivity index (χ1v) is 6.44. The van der Waals surface area contributed by atoms with Gasteiger partial charge in [-0.2, -0.15) is 0 Å². The second kappa shape index (κ2) is 5.70. The van der Waals surface area contributed by atoms with Gasteiger partial charge in [-0.3, -0.25) is 0 Å². The fourth-order valence-corrected chi connectivity index (χ4v) is 2.24. The molecule has 1 unspecified atom stereocenters. The average molecular weight is 250 g/mol. The molecule has 17 heavy (non-hydrogen) atoms. The Bertz CT molecular complexity index is 477. The molecule has 2 rings (SSSR count). The fraction of sp³-hybridized carbons (Fsp3) is 0.0769. The Hall–Kier alpha value is -1.52. The summed E-state index contributed by atoms with van der Waals surface area (Å²) in [6.45, 7) is 0. The van der Waals surface area contributed by atoms with Crippen molar-refractivity contribution in [3.05, 3.63) is 65.2 Å². The van der Waals surface area contributed by atoms with E-state index in [4.69, 9.17) is 4.42 Å². The Kier molecular flexibility index (Phi) is 4.01. The minimum Gasteiger partial charge on any atom is -0.612 e. The summed E-state index contributed by atoms with van der Waals surface area (Å²) in [6.07, 6.45) is 4.87. The number of rotatable bonds is 4. The minimum atomic E-state index is -1.11. The lowest BCUT2D eigenvalue weighted by molar-refractivity contribution is 0.567. The first-order chi connectivity index (χ1) is 8.24. The second-order valence-electron chi connectivity index (χ2n) is 3.51. The van der Waals surface area contributed by atoms with Gasteiger partial charge in [-0.1, -0.05) is 12.1 Å². The number of benzene rings is 1. The molecule has 2 aromatic rings. The smallest absolute Gasteiger partial charge is 0.135 e. The van der Waals surface area contributed by atoms with E-state index >= 15 is 0 Å². The monoisotopic (exact) mass is 250 g/mol. The normalized spacial score (nSPS) is 13.1. The third-order valence-corrected chi connectivity index (χ3v) is 3.24. The Morgan fingerprint density at radius 3 is 2.65 bits per heavy atom. The molecule has 0 aliphatic heterocycles. The Balaban J connectivity index is 1.93. The van der Waals surface area contributed by atoms with E-state index in [0.717, 1.165) is 11.1 Å². The first kappa shape index (κ1) is 12.0. The van der Waals surface area contributed by atoms with Crippen LogP contribution < -0.4 is 0 Å². The molecule has 1 heterocycles. The Labute approximate surface area is 102 Å². The van der Waals surface area contributed by atoms with Crippen LogP contribution in [0.15, 0.2) is 52.7 Å². The molecular weight excluding hydrogens is 239 g/mol. The molecule has 1 atom stereocenters. The molecule has 0 radical (unpaired) electrons.